The number of hydrogen-bond acceptors (Lipinski definition) is 3. The molecule has 6 heteroatoms. The highest BCUT2D eigenvalue weighted by Crippen LogP contribution is 2.25. The average Bonchev–Trinajstić information content (AvgIpc) is 3.04. The van der Waals surface area contributed by atoms with Gasteiger partial charge in [0.1, 0.15) is 5.82 Å². The summed E-state index contributed by atoms with van der Waals surface area (Å²) in [6.45, 7) is 0.890. The molecule has 1 fully saturated rings. The minimum Gasteiger partial charge on any atom is -0.352 e. The van der Waals surface area contributed by atoms with Crippen LogP contribution >= 0.6 is 11.6 Å². The summed E-state index contributed by atoms with van der Waals surface area (Å²) >= 11 is 6.10. The van der Waals surface area contributed by atoms with Crippen molar-refractivity contribution >= 4 is 17.5 Å². The number of nitrogens with one attached hydrogen (secondary N) is 3. The van der Waals surface area contributed by atoms with Gasteiger partial charge in [0.15, 0.2) is 0 Å². The summed E-state index contributed by atoms with van der Waals surface area (Å²) in [5.74, 6) is -0.640. The highest BCUT2D eigenvalue weighted by atomic mass is 35.5. The summed E-state index contributed by atoms with van der Waals surface area (Å²) in [6, 6.07) is 13.4. The molecule has 2 aromatic rings. The van der Waals surface area contributed by atoms with Crippen LogP contribution in [0, 0.1) is 11.7 Å². The Morgan fingerprint density at radius 1 is 1.22 bits per heavy atom. The number of halogens is 2. The van der Waals surface area contributed by atoms with Crippen molar-refractivity contribution in [2.24, 2.45) is 5.92 Å². The first kappa shape index (κ1) is 15.9. The number of rotatable bonds is 4. The van der Waals surface area contributed by atoms with E-state index in [9.17, 15) is 9.18 Å². The molecule has 0 spiro atoms. The Morgan fingerprint density at radius 2 is 1.96 bits per heavy atom. The predicted molar refractivity (Wildman–Crippen MR) is 87.1 cm³/mol. The molecule has 0 saturated carbocycles. The number of carbonyl (C=O) groups excluding carboxylic acids is 1. The zero-order valence-electron chi connectivity index (χ0n) is 12.4. The maximum Gasteiger partial charge on any atom is 0.226 e. The van der Waals surface area contributed by atoms with Gasteiger partial charge < -0.3 is 5.32 Å². The fourth-order valence-electron chi connectivity index (χ4n) is 2.68. The predicted octanol–water partition coefficient (Wildman–Crippen LogP) is 2.56. The Kier molecular flexibility index (Phi) is 4.91. The fourth-order valence-corrected chi connectivity index (χ4v) is 2.88. The Bertz CT molecular complexity index is 692. The van der Waals surface area contributed by atoms with E-state index in [0.717, 1.165) is 11.1 Å². The molecular formula is C17H17ClFN3O. The topological polar surface area (TPSA) is 53.2 Å². The van der Waals surface area contributed by atoms with Crippen LogP contribution in [0.3, 0.4) is 0 Å². The quantitative estimate of drug-likeness (QED) is 0.806. The van der Waals surface area contributed by atoms with Crippen molar-refractivity contribution in [2.75, 3.05) is 6.54 Å². The second kappa shape index (κ2) is 7.08. The van der Waals surface area contributed by atoms with Crippen LogP contribution in [0.5, 0.6) is 0 Å². The molecule has 1 aliphatic heterocycles. The molecule has 120 valence electrons. The maximum atomic E-state index is 13.0. The minimum absolute atomic E-state index is 0.0725. The van der Waals surface area contributed by atoms with Gasteiger partial charge in [0.2, 0.25) is 5.91 Å². The van der Waals surface area contributed by atoms with E-state index >= 15 is 0 Å². The second-order valence-electron chi connectivity index (χ2n) is 5.47. The lowest BCUT2D eigenvalue weighted by Gasteiger charge is -2.18. The van der Waals surface area contributed by atoms with Gasteiger partial charge in [-0.2, -0.15) is 0 Å². The van der Waals surface area contributed by atoms with E-state index in [1.165, 1.54) is 12.1 Å². The summed E-state index contributed by atoms with van der Waals surface area (Å²) in [6.07, 6.45) is 0. The van der Waals surface area contributed by atoms with Gasteiger partial charge in [0.25, 0.3) is 0 Å². The van der Waals surface area contributed by atoms with Gasteiger partial charge in [0.05, 0.1) is 12.0 Å². The molecule has 0 bridgehead atoms. The zero-order chi connectivity index (χ0) is 16.2. The Balaban J connectivity index is 1.66. The van der Waals surface area contributed by atoms with Crippen molar-refractivity contribution in [3.05, 3.63) is 70.5 Å². The molecule has 4 nitrogen and oxygen atoms in total. The Hall–Kier alpha value is -1.95. The highest BCUT2D eigenvalue weighted by Gasteiger charge is 2.33. The van der Waals surface area contributed by atoms with Gasteiger partial charge in [-0.3, -0.25) is 10.2 Å². The van der Waals surface area contributed by atoms with Crippen molar-refractivity contribution < 1.29 is 9.18 Å². The van der Waals surface area contributed by atoms with Crippen molar-refractivity contribution in [3.63, 3.8) is 0 Å². The highest BCUT2D eigenvalue weighted by molar-refractivity contribution is 6.31. The van der Waals surface area contributed by atoms with Gasteiger partial charge in [-0.25, -0.2) is 9.82 Å². The third-order valence-corrected chi connectivity index (χ3v) is 4.33. The van der Waals surface area contributed by atoms with Crippen LogP contribution in [0.15, 0.2) is 48.5 Å². The van der Waals surface area contributed by atoms with Gasteiger partial charge in [-0.15, -0.1) is 0 Å². The molecule has 1 heterocycles. The lowest BCUT2D eigenvalue weighted by molar-refractivity contribution is -0.125. The van der Waals surface area contributed by atoms with Crippen molar-refractivity contribution in [2.45, 2.75) is 12.6 Å². The standard InChI is InChI=1S/C17H17ClFN3O/c18-15-4-2-1-3-12(15)9-20-17(23)14-10-21-22-16(14)11-5-7-13(19)8-6-11/h1-8,14,16,21-22H,9-10H2,(H,20,23). The smallest absolute Gasteiger partial charge is 0.226 e. The van der Waals surface area contributed by atoms with Crippen LogP contribution in [0.1, 0.15) is 17.2 Å². The second-order valence-corrected chi connectivity index (χ2v) is 5.88. The van der Waals surface area contributed by atoms with E-state index in [1.54, 1.807) is 18.2 Å². The van der Waals surface area contributed by atoms with Gasteiger partial charge in [0, 0.05) is 18.1 Å². The van der Waals surface area contributed by atoms with Gasteiger partial charge >= 0.3 is 0 Å². The first-order valence-corrected chi connectivity index (χ1v) is 7.78. The normalized spacial score (nSPS) is 20.4. The minimum atomic E-state index is -0.292. The molecular weight excluding hydrogens is 317 g/mol. The summed E-state index contributed by atoms with van der Waals surface area (Å²) in [4.78, 5) is 12.5. The summed E-state index contributed by atoms with van der Waals surface area (Å²) < 4.78 is 13.0. The molecule has 23 heavy (non-hydrogen) atoms. The number of carbonyl (C=O) groups is 1. The average molecular weight is 334 g/mol. The molecule has 2 unspecified atom stereocenters. The van der Waals surface area contributed by atoms with Crippen LogP contribution < -0.4 is 16.2 Å². The molecule has 1 amide bonds. The number of amides is 1. The van der Waals surface area contributed by atoms with E-state index in [1.807, 2.05) is 18.2 Å². The van der Waals surface area contributed by atoms with Crippen LogP contribution in [0.2, 0.25) is 5.02 Å². The van der Waals surface area contributed by atoms with Crippen LogP contribution in [0.25, 0.3) is 0 Å². The van der Waals surface area contributed by atoms with Gasteiger partial charge in [-0.1, -0.05) is 41.9 Å². The van der Waals surface area contributed by atoms with E-state index < -0.39 is 0 Å². The van der Waals surface area contributed by atoms with Crippen molar-refractivity contribution in [1.82, 2.24) is 16.2 Å². The number of hydrazine groups is 1. The van der Waals surface area contributed by atoms with E-state index in [4.69, 9.17) is 11.6 Å². The fraction of sp³-hybridized carbons (Fsp3) is 0.235. The summed E-state index contributed by atoms with van der Waals surface area (Å²) in [5, 5.41) is 3.55. The molecule has 3 rings (SSSR count). The molecule has 0 aliphatic carbocycles. The van der Waals surface area contributed by atoms with Crippen molar-refractivity contribution in [3.8, 4) is 0 Å². The Labute approximate surface area is 139 Å². The van der Waals surface area contributed by atoms with Crippen LogP contribution in [-0.4, -0.2) is 12.5 Å². The number of hydrogen-bond donors (Lipinski definition) is 3. The molecule has 2 aromatic carbocycles. The first-order valence-electron chi connectivity index (χ1n) is 7.40. The van der Waals surface area contributed by atoms with Crippen molar-refractivity contribution in [1.29, 1.82) is 0 Å². The van der Waals surface area contributed by atoms with Gasteiger partial charge in [-0.05, 0) is 29.3 Å². The third-order valence-electron chi connectivity index (χ3n) is 3.96. The molecule has 1 saturated heterocycles. The molecule has 0 aromatic heterocycles. The van der Waals surface area contributed by atoms with E-state index in [0.29, 0.717) is 18.1 Å². The Morgan fingerprint density at radius 3 is 2.70 bits per heavy atom. The third kappa shape index (κ3) is 3.69. The first-order chi connectivity index (χ1) is 11.1. The maximum absolute atomic E-state index is 13.0. The SMILES string of the molecule is O=C(NCc1ccccc1Cl)C1CNNC1c1ccc(F)cc1. The lowest BCUT2D eigenvalue weighted by Crippen LogP contribution is -2.34. The lowest BCUT2D eigenvalue weighted by atomic mass is 9.94. The molecule has 3 N–H and O–H groups in total. The zero-order valence-corrected chi connectivity index (χ0v) is 13.1. The molecule has 1 aliphatic rings. The molecule has 0 radical (unpaired) electrons. The van der Waals surface area contributed by atoms with E-state index in [2.05, 4.69) is 16.2 Å². The molecule has 2 atom stereocenters. The van der Waals surface area contributed by atoms with E-state index in [-0.39, 0.29) is 23.7 Å². The summed E-state index contributed by atoms with van der Waals surface area (Å²) in [7, 11) is 0. The number of benzene rings is 2. The van der Waals surface area contributed by atoms with Crippen LogP contribution in [-0.2, 0) is 11.3 Å². The summed E-state index contributed by atoms with van der Waals surface area (Å²) in [5.41, 5.74) is 7.81. The van der Waals surface area contributed by atoms with Crippen LogP contribution in [0.4, 0.5) is 4.39 Å². The largest absolute Gasteiger partial charge is 0.352 e. The monoisotopic (exact) mass is 333 g/mol.